The van der Waals surface area contributed by atoms with Crippen LogP contribution in [0.1, 0.15) is 69.3 Å². The highest BCUT2D eigenvalue weighted by atomic mass is 16.5. The molecular weight excluding hydrogens is 480 g/mol. The van der Waals surface area contributed by atoms with Crippen LogP contribution in [0.4, 0.5) is 0 Å². The van der Waals surface area contributed by atoms with Crippen LogP contribution in [0.25, 0.3) is 11.0 Å². The van der Waals surface area contributed by atoms with E-state index < -0.39 is 5.97 Å². The first kappa shape index (κ1) is 27.0. The first-order valence-corrected chi connectivity index (χ1v) is 13.0. The third kappa shape index (κ3) is 6.82. The summed E-state index contributed by atoms with van der Waals surface area (Å²) in [5.74, 6) is 1.10. The summed E-state index contributed by atoms with van der Waals surface area (Å²) in [6.45, 7) is 9.23. The van der Waals surface area contributed by atoms with Gasteiger partial charge in [0.25, 0.3) is 0 Å². The van der Waals surface area contributed by atoms with Gasteiger partial charge in [0.1, 0.15) is 29.1 Å². The van der Waals surface area contributed by atoms with E-state index in [1.807, 2.05) is 24.3 Å². The Morgan fingerprint density at radius 3 is 2.21 bits per heavy atom. The van der Waals surface area contributed by atoms with Gasteiger partial charge in [0.15, 0.2) is 0 Å². The smallest absolute Gasteiger partial charge is 0.343 e. The average Bonchev–Trinajstić information content (AvgIpc) is 2.90. The zero-order valence-corrected chi connectivity index (χ0v) is 22.4. The van der Waals surface area contributed by atoms with Crippen molar-refractivity contribution in [1.29, 1.82) is 0 Å². The summed E-state index contributed by atoms with van der Waals surface area (Å²) in [6.07, 6.45) is 5.81. The van der Waals surface area contributed by atoms with Gasteiger partial charge in [-0.1, -0.05) is 59.1 Å². The summed E-state index contributed by atoms with van der Waals surface area (Å²) >= 11 is 0. The van der Waals surface area contributed by atoms with Gasteiger partial charge in [0.05, 0.1) is 17.6 Å². The lowest BCUT2D eigenvalue weighted by Crippen LogP contribution is -2.10. The Morgan fingerprint density at radius 1 is 0.842 bits per heavy atom. The standard InChI is InChI=1S/C32H34O6/c1-5-6-7-8-19-35-24-13-9-22(10-14-24)31(34)38-26-17-18-27-28(20-26)36-21-29(30(27)33)37-25-15-11-23(12-16-25)32(2,3)4/h9-18,20-21H,5-8,19H2,1-4H3. The fraction of sp³-hybridized carbons (Fsp3) is 0.312. The van der Waals surface area contributed by atoms with Crippen LogP contribution >= 0.6 is 0 Å². The molecule has 0 amide bonds. The first-order valence-electron chi connectivity index (χ1n) is 13.0. The summed E-state index contributed by atoms with van der Waals surface area (Å²) in [7, 11) is 0. The second-order valence-electron chi connectivity index (χ2n) is 10.3. The molecule has 4 rings (SSSR count). The number of unbranched alkanes of at least 4 members (excludes halogenated alkanes) is 3. The molecule has 0 spiro atoms. The molecule has 0 atom stereocenters. The minimum Gasteiger partial charge on any atom is -0.494 e. The number of carbonyl (C=O) groups is 1. The molecule has 3 aromatic carbocycles. The SMILES string of the molecule is CCCCCCOc1ccc(C(=O)Oc2ccc3c(=O)c(Oc4ccc(C(C)(C)C)cc4)coc3c2)cc1. The molecule has 0 bridgehead atoms. The lowest BCUT2D eigenvalue weighted by molar-refractivity contribution is 0.0735. The number of ether oxygens (including phenoxy) is 3. The Labute approximate surface area is 223 Å². The van der Waals surface area contributed by atoms with Crippen molar-refractivity contribution in [3.05, 3.63) is 94.3 Å². The molecule has 0 saturated carbocycles. The monoisotopic (exact) mass is 514 g/mol. The van der Waals surface area contributed by atoms with Crippen molar-refractivity contribution in [2.24, 2.45) is 0 Å². The highest BCUT2D eigenvalue weighted by Gasteiger charge is 2.15. The van der Waals surface area contributed by atoms with Crippen LogP contribution in [0.15, 0.2) is 82.2 Å². The second kappa shape index (κ2) is 12.0. The predicted molar refractivity (Wildman–Crippen MR) is 149 cm³/mol. The molecule has 0 N–H and O–H groups in total. The van der Waals surface area contributed by atoms with Gasteiger partial charge in [0.2, 0.25) is 11.2 Å². The number of benzene rings is 3. The quantitative estimate of drug-likeness (QED) is 0.121. The zero-order chi connectivity index (χ0) is 27.1. The van der Waals surface area contributed by atoms with Gasteiger partial charge in [-0.2, -0.15) is 0 Å². The lowest BCUT2D eigenvalue weighted by atomic mass is 9.87. The van der Waals surface area contributed by atoms with Crippen LogP contribution in [0.2, 0.25) is 0 Å². The van der Waals surface area contributed by atoms with Crippen LogP contribution in [-0.2, 0) is 5.41 Å². The minimum atomic E-state index is -0.514. The van der Waals surface area contributed by atoms with E-state index >= 15 is 0 Å². The summed E-state index contributed by atoms with van der Waals surface area (Å²) in [5, 5.41) is 0.328. The van der Waals surface area contributed by atoms with Crippen molar-refractivity contribution < 1.29 is 23.4 Å². The van der Waals surface area contributed by atoms with Gasteiger partial charge >= 0.3 is 5.97 Å². The molecule has 1 heterocycles. The number of hydrogen-bond acceptors (Lipinski definition) is 6. The van der Waals surface area contributed by atoms with E-state index in [9.17, 15) is 9.59 Å². The number of fused-ring (bicyclic) bond motifs is 1. The molecular formula is C32H34O6. The number of rotatable bonds is 10. The van der Waals surface area contributed by atoms with Crippen LogP contribution in [-0.4, -0.2) is 12.6 Å². The summed E-state index contributed by atoms with van der Waals surface area (Å²) in [5.41, 5.74) is 1.56. The lowest BCUT2D eigenvalue weighted by Gasteiger charge is -2.19. The van der Waals surface area contributed by atoms with E-state index in [1.165, 1.54) is 30.7 Å². The molecule has 6 heteroatoms. The van der Waals surface area contributed by atoms with Crippen molar-refractivity contribution >= 4 is 16.9 Å². The number of carbonyl (C=O) groups excluding carboxylic acids is 1. The van der Waals surface area contributed by atoms with Gasteiger partial charge in [-0.05, 0) is 65.9 Å². The zero-order valence-electron chi connectivity index (χ0n) is 22.4. The summed E-state index contributed by atoms with van der Waals surface area (Å²) in [4.78, 5) is 25.6. The topological polar surface area (TPSA) is 75.0 Å². The fourth-order valence-electron chi connectivity index (χ4n) is 3.95. The Kier molecular flexibility index (Phi) is 8.52. The predicted octanol–water partition coefficient (Wildman–Crippen LogP) is 8.06. The average molecular weight is 515 g/mol. The molecule has 0 unspecified atom stereocenters. The molecule has 4 aromatic rings. The van der Waals surface area contributed by atoms with Crippen molar-refractivity contribution in [1.82, 2.24) is 0 Å². The van der Waals surface area contributed by atoms with Crippen LogP contribution in [0.3, 0.4) is 0 Å². The molecule has 0 aliphatic carbocycles. The summed E-state index contributed by atoms with van der Waals surface area (Å²) in [6, 6.07) is 19.1. The Hall–Kier alpha value is -4.06. The van der Waals surface area contributed by atoms with E-state index in [-0.39, 0.29) is 22.3 Å². The molecule has 198 valence electrons. The van der Waals surface area contributed by atoms with E-state index in [1.54, 1.807) is 36.4 Å². The molecule has 1 aromatic heterocycles. The van der Waals surface area contributed by atoms with Crippen LogP contribution < -0.4 is 19.6 Å². The van der Waals surface area contributed by atoms with Crippen molar-refractivity contribution in [3.63, 3.8) is 0 Å². The van der Waals surface area contributed by atoms with E-state index in [0.29, 0.717) is 34.6 Å². The normalized spacial score (nSPS) is 11.4. The third-order valence-electron chi connectivity index (χ3n) is 6.23. The van der Waals surface area contributed by atoms with Crippen molar-refractivity contribution in [2.45, 2.75) is 58.8 Å². The minimum absolute atomic E-state index is 0.0209. The molecule has 0 aliphatic heterocycles. The molecule has 38 heavy (non-hydrogen) atoms. The molecule has 0 saturated heterocycles. The fourth-order valence-corrected chi connectivity index (χ4v) is 3.95. The maximum Gasteiger partial charge on any atom is 0.343 e. The van der Waals surface area contributed by atoms with E-state index in [0.717, 1.165) is 12.8 Å². The Morgan fingerprint density at radius 2 is 1.53 bits per heavy atom. The van der Waals surface area contributed by atoms with Gasteiger partial charge < -0.3 is 18.6 Å². The number of esters is 1. The third-order valence-corrected chi connectivity index (χ3v) is 6.23. The van der Waals surface area contributed by atoms with Crippen molar-refractivity contribution in [3.8, 4) is 23.0 Å². The Bertz CT molecular complexity index is 1430. The van der Waals surface area contributed by atoms with Crippen molar-refractivity contribution in [2.75, 3.05) is 6.61 Å². The maximum atomic E-state index is 13.0. The van der Waals surface area contributed by atoms with Gasteiger partial charge in [0, 0.05) is 6.07 Å². The Balaban J connectivity index is 1.40. The highest BCUT2D eigenvalue weighted by Crippen LogP contribution is 2.28. The van der Waals surface area contributed by atoms with Gasteiger partial charge in [-0.3, -0.25) is 4.79 Å². The van der Waals surface area contributed by atoms with Crippen LogP contribution in [0.5, 0.6) is 23.0 Å². The summed E-state index contributed by atoms with van der Waals surface area (Å²) < 4.78 is 22.7. The maximum absolute atomic E-state index is 13.0. The molecule has 0 aliphatic rings. The highest BCUT2D eigenvalue weighted by molar-refractivity contribution is 5.91. The van der Waals surface area contributed by atoms with E-state index in [2.05, 4.69) is 27.7 Å². The molecule has 6 nitrogen and oxygen atoms in total. The van der Waals surface area contributed by atoms with Gasteiger partial charge in [-0.25, -0.2) is 4.79 Å². The second-order valence-corrected chi connectivity index (χ2v) is 10.3. The van der Waals surface area contributed by atoms with Gasteiger partial charge in [-0.15, -0.1) is 0 Å². The number of hydrogen-bond donors (Lipinski definition) is 0. The molecule has 0 radical (unpaired) electrons. The largest absolute Gasteiger partial charge is 0.494 e. The van der Waals surface area contributed by atoms with Crippen LogP contribution in [0, 0.1) is 0 Å². The molecule has 0 fully saturated rings. The first-order chi connectivity index (χ1) is 18.2. The van der Waals surface area contributed by atoms with E-state index in [4.69, 9.17) is 18.6 Å².